The van der Waals surface area contributed by atoms with Crippen LogP contribution in [0, 0.1) is 6.92 Å². The molecule has 0 aliphatic rings. The summed E-state index contributed by atoms with van der Waals surface area (Å²) in [5.74, 6) is 0. The smallest absolute Gasteiger partial charge is 0.194 e. The fraction of sp³-hybridized carbons (Fsp3) is 0.571. The fourth-order valence-corrected chi connectivity index (χ4v) is 2.58. The van der Waals surface area contributed by atoms with Crippen molar-refractivity contribution in [2.24, 2.45) is 0 Å². The van der Waals surface area contributed by atoms with E-state index in [0.29, 0.717) is 6.73 Å². The highest BCUT2D eigenvalue weighted by molar-refractivity contribution is 6.74. The molecule has 0 unspecified atom stereocenters. The summed E-state index contributed by atoms with van der Waals surface area (Å²) >= 11 is 0. The number of hydrogen-bond donors (Lipinski definition) is 0. The summed E-state index contributed by atoms with van der Waals surface area (Å²) in [6, 6.07) is 2.06. The molecule has 0 bridgehead atoms. The van der Waals surface area contributed by atoms with Gasteiger partial charge in [0.25, 0.3) is 0 Å². The summed E-state index contributed by atoms with van der Waals surface area (Å²) in [4.78, 5) is 8.56. The van der Waals surface area contributed by atoms with Gasteiger partial charge in [0.2, 0.25) is 0 Å². The molecule has 19 heavy (non-hydrogen) atoms. The molecular formula is C14H23N3OSi. The van der Waals surface area contributed by atoms with Gasteiger partial charge < -0.3 is 8.99 Å². The third kappa shape index (κ3) is 2.72. The number of fused-ring (bicyclic) bond motifs is 1. The van der Waals surface area contributed by atoms with Crippen molar-refractivity contribution in [1.29, 1.82) is 0 Å². The molecule has 104 valence electrons. The summed E-state index contributed by atoms with van der Waals surface area (Å²) in [6.45, 7) is 13.8. The van der Waals surface area contributed by atoms with Crippen LogP contribution in [0.3, 0.4) is 0 Å². The largest absolute Gasteiger partial charge is 0.399 e. The van der Waals surface area contributed by atoms with Crippen LogP contribution in [0.4, 0.5) is 0 Å². The van der Waals surface area contributed by atoms with Gasteiger partial charge in [0.15, 0.2) is 8.32 Å². The lowest BCUT2D eigenvalue weighted by Crippen LogP contribution is -2.41. The zero-order valence-electron chi connectivity index (χ0n) is 12.7. The van der Waals surface area contributed by atoms with E-state index >= 15 is 0 Å². The summed E-state index contributed by atoms with van der Waals surface area (Å²) < 4.78 is 8.29. The molecule has 0 aliphatic heterocycles. The van der Waals surface area contributed by atoms with E-state index in [0.717, 1.165) is 16.7 Å². The maximum absolute atomic E-state index is 6.23. The number of hydrogen-bond acceptors (Lipinski definition) is 3. The fourth-order valence-electron chi connectivity index (χ4n) is 1.68. The lowest BCUT2D eigenvalue weighted by molar-refractivity contribution is 0.217. The van der Waals surface area contributed by atoms with E-state index in [1.807, 2.05) is 13.1 Å². The van der Waals surface area contributed by atoms with Crippen molar-refractivity contribution < 1.29 is 4.43 Å². The highest BCUT2D eigenvalue weighted by Gasteiger charge is 2.37. The van der Waals surface area contributed by atoms with Crippen LogP contribution in [0.2, 0.25) is 18.1 Å². The third-order valence-corrected chi connectivity index (χ3v) is 8.59. The molecule has 0 aliphatic carbocycles. The van der Waals surface area contributed by atoms with Crippen LogP contribution >= 0.6 is 0 Å². The minimum atomic E-state index is -1.73. The quantitative estimate of drug-likeness (QED) is 0.803. The van der Waals surface area contributed by atoms with E-state index < -0.39 is 8.32 Å². The highest BCUT2D eigenvalue weighted by Crippen LogP contribution is 2.36. The van der Waals surface area contributed by atoms with Crippen molar-refractivity contribution in [3.63, 3.8) is 0 Å². The highest BCUT2D eigenvalue weighted by atomic mass is 28.4. The first-order chi connectivity index (χ1) is 8.72. The Bertz CT molecular complexity index is 584. The molecular weight excluding hydrogens is 254 g/mol. The van der Waals surface area contributed by atoms with Gasteiger partial charge in [-0.05, 0) is 31.1 Å². The Kier molecular flexibility index (Phi) is 3.53. The molecule has 0 aromatic carbocycles. The van der Waals surface area contributed by atoms with Crippen molar-refractivity contribution in [2.75, 3.05) is 0 Å². The van der Waals surface area contributed by atoms with E-state index in [1.54, 1.807) is 6.33 Å². The van der Waals surface area contributed by atoms with Gasteiger partial charge in [0, 0.05) is 11.6 Å². The average Bonchev–Trinajstić information content (AvgIpc) is 2.70. The Morgan fingerprint density at radius 2 is 1.95 bits per heavy atom. The Balaban J connectivity index is 2.22. The standard InChI is InChI=1S/C14H23N3OSi/c1-11-12-7-8-17(13(12)16-9-15-11)10-18-19(5,6)14(2,3)4/h7-9H,10H2,1-6H3. The van der Waals surface area contributed by atoms with Gasteiger partial charge in [0.1, 0.15) is 18.7 Å². The Morgan fingerprint density at radius 3 is 2.58 bits per heavy atom. The molecule has 0 radical (unpaired) electrons. The van der Waals surface area contributed by atoms with Crippen molar-refractivity contribution in [2.45, 2.75) is 52.6 Å². The van der Waals surface area contributed by atoms with Crippen LogP contribution in [0.15, 0.2) is 18.6 Å². The molecule has 2 aromatic rings. The van der Waals surface area contributed by atoms with Gasteiger partial charge in [-0.3, -0.25) is 0 Å². The predicted molar refractivity (Wildman–Crippen MR) is 80.5 cm³/mol. The summed E-state index contributed by atoms with van der Waals surface area (Å²) in [7, 11) is -1.73. The van der Waals surface area contributed by atoms with Gasteiger partial charge >= 0.3 is 0 Å². The van der Waals surface area contributed by atoms with Gasteiger partial charge in [-0.25, -0.2) is 9.97 Å². The summed E-state index contributed by atoms with van der Waals surface area (Å²) in [6.07, 6.45) is 3.64. The Hall–Kier alpha value is -1.20. The number of nitrogens with zero attached hydrogens (tertiary/aromatic N) is 3. The SMILES string of the molecule is Cc1ncnc2c1ccn2CO[Si](C)(C)C(C)(C)C. The molecule has 2 heterocycles. The van der Waals surface area contributed by atoms with Crippen LogP contribution in [-0.4, -0.2) is 22.9 Å². The van der Waals surface area contributed by atoms with Crippen molar-refractivity contribution in [3.8, 4) is 0 Å². The third-order valence-electron chi connectivity index (χ3n) is 4.13. The maximum Gasteiger partial charge on any atom is 0.194 e. The van der Waals surface area contributed by atoms with Gasteiger partial charge in [-0.1, -0.05) is 20.8 Å². The minimum absolute atomic E-state index is 0.223. The van der Waals surface area contributed by atoms with Crippen LogP contribution in [0.25, 0.3) is 11.0 Å². The number of aryl methyl sites for hydroxylation is 1. The van der Waals surface area contributed by atoms with E-state index in [2.05, 4.69) is 54.5 Å². The molecule has 0 saturated heterocycles. The van der Waals surface area contributed by atoms with Gasteiger partial charge in [-0.2, -0.15) is 0 Å². The molecule has 0 amide bonds. The van der Waals surface area contributed by atoms with E-state index in [4.69, 9.17) is 4.43 Å². The Labute approximate surface area is 116 Å². The van der Waals surface area contributed by atoms with Crippen molar-refractivity contribution in [3.05, 3.63) is 24.3 Å². The van der Waals surface area contributed by atoms with Crippen LogP contribution in [0.5, 0.6) is 0 Å². The van der Waals surface area contributed by atoms with Crippen LogP contribution in [0.1, 0.15) is 26.5 Å². The van der Waals surface area contributed by atoms with E-state index in [1.165, 1.54) is 0 Å². The first-order valence-electron chi connectivity index (χ1n) is 6.63. The van der Waals surface area contributed by atoms with Gasteiger partial charge in [-0.15, -0.1) is 0 Å². The zero-order chi connectivity index (χ0) is 14.3. The molecule has 0 N–H and O–H groups in total. The molecule has 0 spiro atoms. The minimum Gasteiger partial charge on any atom is -0.399 e. The van der Waals surface area contributed by atoms with E-state index in [9.17, 15) is 0 Å². The first-order valence-corrected chi connectivity index (χ1v) is 9.53. The second-order valence-corrected chi connectivity index (χ2v) is 11.3. The number of aromatic nitrogens is 3. The lowest BCUT2D eigenvalue weighted by Gasteiger charge is -2.36. The first kappa shape index (κ1) is 14.2. The maximum atomic E-state index is 6.23. The normalized spacial score (nSPS) is 13.2. The van der Waals surface area contributed by atoms with Crippen LogP contribution in [-0.2, 0) is 11.2 Å². The Morgan fingerprint density at radius 1 is 1.26 bits per heavy atom. The zero-order valence-corrected chi connectivity index (χ0v) is 13.7. The second kappa shape index (κ2) is 4.72. The molecule has 0 fully saturated rings. The topological polar surface area (TPSA) is 39.9 Å². The monoisotopic (exact) mass is 277 g/mol. The molecule has 2 aromatic heterocycles. The van der Waals surface area contributed by atoms with Crippen LogP contribution < -0.4 is 0 Å². The predicted octanol–water partition coefficient (Wildman–Crippen LogP) is 3.72. The van der Waals surface area contributed by atoms with Crippen molar-refractivity contribution >= 4 is 19.4 Å². The molecule has 0 atom stereocenters. The average molecular weight is 277 g/mol. The second-order valence-electron chi connectivity index (χ2n) is 6.52. The molecule has 5 heteroatoms. The van der Waals surface area contributed by atoms with Crippen molar-refractivity contribution in [1.82, 2.24) is 14.5 Å². The molecule has 0 saturated carbocycles. The molecule has 2 rings (SSSR count). The summed E-state index contributed by atoms with van der Waals surface area (Å²) in [5, 5.41) is 1.32. The lowest BCUT2D eigenvalue weighted by atomic mass is 10.2. The van der Waals surface area contributed by atoms with E-state index in [-0.39, 0.29) is 5.04 Å². The molecule has 4 nitrogen and oxygen atoms in total. The number of rotatable bonds is 3. The van der Waals surface area contributed by atoms with Gasteiger partial charge in [0.05, 0.1) is 5.69 Å². The summed E-state index contributed by atoms with van der Waals surface area (Å²) in [5.41, 5.74) is 1.96.